The van der Waals surface area contributed by atoms with Gasteiger partial charge in [0.05, 0.1) is 17.6 Å². The summed E-state index contributed by atoms with van der Waals surface area (Å²) in [6.45, 7) is 0. The Hall–Kier alpha value is -3.91. The number of carbonyl (C=O) groups excluding carboxylic acids is 2. The summed E-state index contributed by atoms with van der Waals surface area (Å²) < 4.78 is 10.3. The van der Waals surface area contributed by atoms with Gasteiger partial charge in [0.15, 0.2) is 17.2 Å². The van der Waals surface area contributed by atoms with E-state index in [-0.39, 0.29) is 11.5 Å². The second kappa shape index (κ2) is 7.99. The minimum Gasteiger partial charge on any atom is -0.459 e. The van der Waals surface area contributed by atoms with Crippen LogP contribution >= 0.6 is 11.6 Å². The van der Waals surface area contributed by atoms with Gasteiger partial charge in [-0.15, -0.1) is 0 Å². The van der Waals surface area contributed by atoms with E-state index in [4.69, 9.17) is 20.5 Å². The monoisotopic (exact) mass is 408 g/mol. The maximum atomic E-state index is 12.6. The standard InChI is InChI=1S/C20H13ClN4O4/c21-13-5-6-14(15(9-13)24-20(27)17-4-2-8-28-17)23-19(26)16-10-18(29-25-16)12-3-1-7-22-11-12/h1-11H,(H,23,26)(H,24,27). The Balaban J connectivity index is 1.54. The summed E-state index contributed by atoms with van der Waals surface area (Å²) in [4.78, 5) is 28.9. The molecule has 2 N–H and O–H groups in total. The van der Waals surface area contributed by atoms with Crippen LogP contribution in [-0.2, 0) is 0 Å². The first-order chi connectivity index (χ1) is 14.1. The number of anilines is 2. The van der Waals surface area contributed by atoms with Crippen LogP contribution in [0.3, 0.4) is 0 Å². The van der Waals surface area contributed by atoms with Gasteiger partial charge in [0.2, 0.25) is 0 Å². The zero-order chi connectivity index (χ0) is 20.2. The molecule has 0 aliphatic rings. The van der Waals surface area contributed by atoms with Gasteiger partial charge in [0.25, 0.3) is 11.8 Å². The van der Waals surface area contributed by atoms with E-state index in [2.05, 4.69) is 20.8 Å². The molecule has 2 amide bonds. The van der Waals surface area contributed by atoms with Crippen molar-refractivity contribution in [3.8, 4) is 11.3 Å². The van der Waals surface area contributed by atoms with Crippen molar-refractivity contribution in [2.24, 2.45) is 0 Å². The van der Waals surface area contributed by atoms with Crippen molar-refractivity contribution >= 4 is 34.8 Å². The molecule has 0 saturated heterocycles. The first kappa shape index (κ1) is 18.5. The van der Waals surface area contributed by atoms with Crippen LogP contribution in [-0.4, -0.2) is 22.0 Å². The normalized spacial score (nSPS) is 10.5. The van der Waals surface area contributed by atoms with Crippen LogP contribution in [0.15, 0.2) is 76.1 Å². The number of halogens is 1. The molecule has 1 aromatic carbocycles. The Morgan fingerprint density at radius 3 is 2.59 bits per heavy atom. The van der Waals surface area contributed by atoms with Crippen LogP contribution in [0, 0.1) is 0 Å². The van der Waals surface area contributed by atoms with Crippen molar-refractivity contribution in [2.45, 2.75) is 0 Å². The molecule has 0 bridgehead atoms. The Bertz CT molecular complexity index is 1160. The predicted molar refractivity (Wildman–Crippen MR) is 106 cm³/mol. The zero-order valence-electron chi connectivity index (χ0n) is 14.8. The largest absolute Gasteiger partial charge is 0.459 e. The number of nitrogens with zero attached hydrogens (tertiary/aromatic N) is 2. The molecule has 9 heteroatoms. The maximum Gasteiger partial charge on any atom is 0.291 e. The summed E-state index contributed by atoms with van der Waals surface area (Å²) in [5.74, 6) is -0.460. The molecule has 3 aromatic heterocycles. The summed E-state index contributed by atoms with van der Waals surface area (Å²) in [6.07, 6.45) is 4.62. The van der Waals surface area contributed by atoms with Crippen molar-refractivity contribution in [3.63, 3.8) is 0 Å². The van der Waals surface area contributed by atoms with E-state index in [1.165, 1.54) is 24.5 Å². The summed E-state index contributed by atoms with van der Waals surface area (Å²) in [5.41, 5.74) is 1.41. The van der Waals surface area contributed by atoms with Gasteiger partial charge in [-0.3, -0.25) is 14.6 Å². The quantitative estimate of drug-likeness (QED) is 0.503. The van der Waals surface area contributed by atoms with E-state index in [1.54, 1.807) is 42.7 Å². The van der Waals surface area contributed by atoms with E-state index in [9.17, 15) is 9.59 Å². The average Bonchev–Trinajstić information content (AvgIpc) is 3.43. The lowest BCUT2D eigenvalue weighted by Crippen LogP contribution is -2.16. The smallest absolute Gasteiger partial charge is 0.291 e. The number of rotatable bonds is 5. The highest BCUT2D eigenvalue weighted by Gasteiger charge is 2.17. The van der Waals surface area contributed by atoms with Crippen molar-refractivity contribution < 1.29 is 18.5 Å². The predicted octanol–water partition coefficient (Wildman–Crippen LogP) is 4.49. The number of benzene rings is 1. The summed E-state index contributed by atoms with van der Waals surface area (Å²) in [7, 11) is 0. The van der Waals surface area contributed by atoms with E-state index >= 15 is 0 Å². The number of hydrogen-bond donors (Lipinski definition) is 2. The molecule has 8 nitrogen and oxygen atoms in total. The number of furan rings is 1. The maximum absolute atomic E-state index is 12.6. The summed E-state index contributed by atoms with van der Waals surface area (Å²) in [6, 6.07) is 12.8. The highest BCUT2D eigenvalue weighted by Crippen LogP contribution is 2.27. The minimum atomic E-state index is -0.514. The van der Waals surface area contributed by atoms with Crippen LogP contribution in [0.2, 0.25) is 5.02 Å². The van der Waals surface area contributed by atoms with Gasteiger partial charge < -0.3 is 19.6 Å². The molecule has 0 atom stereocenters. The van der Waals surface area contributed by atoms with Crippen LogP contribution in [0.25, 0.3) is 11.3 Å². The Labute approximate surface area is 169 Å². The van der Waals surface area contributed by atoms with Crippen molar-refractivity contribution in [1.82, 2.24) is 10.1 Å². The molecular formula is C20H13ClN4O4. The van der Waals surface area contributed by atoms with Gasteiger partial charge in [-0.2, -0.15) is 0 Å². The number of pyridine rings is 1. The molecule has 29 heavy (non-hydrogen) atoms. The third-order valence-electron chi connectivity index (χ3n) is 3.91. The van der Waals surface area contributed by atoms with Crippen LogP contribution in [0.5, 0.6) is 0 Å². The molecule has 0 unspecified atom stereocenters. The number of nitrogens with one attached hydrogen (secondary N) is 2. The molecule has 0 radical (unpaired) electrons. The third kappa shape index (κ3) is 4.17. The fourth-order valence-corrected chi connectivity index (χ4v) is 2.71. The second-order valence-corrected chi connectivity index (χ2v) is 6.33. The lowest BCUT2D eigenvalue weighted by atomic mass is 10.2. The van der Waals surface area contributed by atoms with Crippen LogP contribution in [0.1, 0.15) is 21.0 Å². The van der Waals surface area contributed by atoms with Gasteiger partial charge >= 0.3 is 0 Å². The van der Waals surface area contributed by atoms with Crippen molar-refractivity contribution in [1.29, 1.82) is 0 Å². The van der Waals surface area contributed by atoms with Crippen LogP contribution in [0.4, 0.5) is 11.4 Å². The van der Waals surface area contributed by atoms with Gasteiger partial charge in [0.1, 0.15) is 0 Å². The number of amides is 2. The third-order valence-corrected chi connectivity index (χ3v) is 4.15. The second-order valence-electron chi connectivity index (χ2n) is 5.89. The molecular weight excluding hydrogens is 396 g/mol. The van der Waals surface area contributed by atoms with E-state index in [0.29, 0.717) is 27.7 Å². The Morgan fingerprint density at radius 1 is 0.966 bits per heavy atom. The summed E-state index contributed by atoms with van der Waals surface area (Å²) >= 11 is 6.03. The number of hydrogen-bond acceptors (Lipinski definition) is 6. The fraction of sp³-hybridized carbons (Fsp3) is 0. The van der Waals surface area contributed by atoms with Crippen molar-refractivity contribution in [2.75, 3.05) is 10.6 Å². The minimum absolute atomic E-state index is 0.0714. The first-order valence-electron chi connectivity index (χ1n) is 8.43. The topological polar surface area (TPSA) is 110 Å². The first-order valence-corrected chi connectivity index (χ1v) is 8.81. The van der Waals surface area contributed by atoms with Crippen molar-refractivity contribution in [3.05, 3.63) is 83.7 Å². The van der Waals surface area contributed by atoms with Gasteiger partial charge in [0, 0.05) is 29.0 Å². The Kier molecular flexibility index (Phi) is 5.08. The Morgan fingerprint density at radius 2 is 1.83 bits per heavy atom. The average molecular weight is 409 g/mol. The highest BCUT2D eigenvalue weighted by atomic mass is 35.5. The van der Waals surface area contributed by atoms with Crippen LogP contribution < -0.4 is 10.6 Å². The molecule has 3 heterocycles. The molecule has 144 valence electrons. The molecule has 4 rings (SSSR count). The lowest BCUT2D eigenvalue weighted by molar-refractivity contribution is 0.0992. The molecule has 0 saturated carbocycles. The van der Waals surface area contributed by atoms with Gasteiger partial charge in [-0.05, 0) is 42.5 Å². The molecule has 0 aliphatic heterocycles. The molecule has 0 aliphatic carbocycles. The summed E-state index contributed by atoms with van der Waals surface area (Å²) in [5, 5.41) is 9.53. The highest BCUT2D eigenvalue weighted by molar-refractivity contribution is 6.31. The molecule has 4 aromatic rings. The number of carbonyl (C=O) groups is 2. The van der Waals surface area contributed by atoms with E-state index in [0.717, 1.165) is 0 Å². The van der Waals surface area contributed by atoms with Gasteiger partial charge in [-0.1, -0.05) is 16.8 Å². The van der Waals surface area contributed by atoms with E-state index < -0.39 is 11.8 Å². The lowest BCUT2D eigenvalue weighted by Gasteiger charge is -2.11. The zero-order valence-corrected chi connectivity index (χ0v) is 15.5. The van der Waals surface area contributed by atoms with E-state index in [1.807, 2.05) is 0 Å². The molecule has 0 fully saturated rings. The fourth-order valence-electron chi connectivity index (χ4n) is 2.53. The molecule has 0 spiro atoms. The van der Waals surface area contributed by atoms with Gasteiger partial charge in [-0.25, -0.2) is 0 Å². The number of aromatic nitrogens is 2. The SMILES string of the molecule is O=C(Nc1ccc(Cl)cc1NC(=O)c1ccco1)c1cc(-c2cccnc2)on1.